The smallest absolute Gasteiger partial charge is 0.410 e. The Balaban J connectivity index is 1.73. The van der Waals surface area contributed by atoms with Crippen molar-refractivity contribution in [3.05, 3.63) is 17.3 Å². The van der Waals surface area contributed by atoms with Gasteiger partial charge in [-0.3, -0.25) is 0 Å². The Bertz CT molecular complexity index is 1070. The van der Waals surface area contributed by atoms with Crippen molar-refractivity contribution in [3.8, 4) is 11.4 Å². The molecule has 1 saturated heterocycles. The van der Waals surface area contributed by atoms with Crippen LogP contribution in [0.25, 0.3) is 11.4 Å². The van der Waals surface area contributed by atoms with Gasteiger partial charge < -0.3 is 25.0 Å². The van der Waals surface area contributed by atoms with Crippen LogP contribution in [-0.4, -0.2) is 77.2 Å². The van der Waals surface area contributed by atoms with Crippen LogP contribution in [0.2, 0.25) is 25.7 Å². The van der Waals surface area contributed by atoms with Crippen LogP contribution in [0.4, 0.5) is 16.6 Å². The fraction of sp³-hybridized carbons (Fsp3) is 0.680. The van der Waals surface area contributed by atoms with Crippen LogP contribution in [0.5, 0.6) is 0 Å². The maximum absolute atomic E-state index is 12.5. The van der Waals surface area contributed by atoms with Crippen LogP contribution in [0.15, 0.2) is 6.07 Å². The molecular formula is C25H43N7O3Si. The van der Waals surface area contributed by atoms with Crippen molar-refractivity contribution in [2.45, 2.75) is 85.1 Å². The standard InChI is InChI=1S/C25H43N7O3Si/c1-17-18(2)32(16-34-12-13-36(7,8)9)29-22(17)20-14-21(28-23(26)27-20)31-11-10-19(15-31)30(6)24(33)35-25(3,4)5/h14,19H,10-13,15-16H2,1-9H3,(H2,26,27,28)/t19-/m1/s1. The van der Waals surface area contributed by atoms with E-state index in [-0.39, 0.29) is 18.1 Å². The quantitative estimate of drug-likeness (QED) is 0.408. The number of amides is 1. The Morgan fingerprint density at radius 2 is 1.94 bits per heavy atom. The average molecular weight is 518 g/mol. The lowest BCUT2D eigenvalue weighted by molar-refractivity contribution is 0.0238. The van der Waals surface area contributed by atoms with Gasteiger partial charge >= 0.3 is 6.09 Å². The SMILES string of the molecule is Cc1c(-c2cc(N3CC[C@@H](N(C)C(=O)OC(C)(C)C)C3)nc(N)n2)nn(COCC[Si](C)(C)C)c1C. The molecule has 0 aromatic carbocycles. The second-order valence-electron chi connectivity index (χ2n) is 11.9. The van der Waals surface area contributed by atoms with Crippen molar-refractivity contribution in [2.75, 3.05) is 37.4 Å². The van der Waals surface area contributed by atoms with Gasteiger partial charge in [0.15, 0.2) is 0 Å². The highest BCUT2D eigenvalue weighted by Gasteiger charge is 2.32. The predicted molar refractivity (Wildman–Crippen MR) is 146 cm³/mol. The number of nitrogens with zero attached hydrogens (tertiary/aromatic N) is 6. The number of hydrogen-bond donors (Lipinski definition) is 1. The van der Waals surface area contributed by atoms with E-state index in [1.54, 1.807) is 11.9 Å². The summed E-state index contributed by atoms with van der Waals surface area (Å²) in [7, 11) is 0.643. The molecule has 11 heteroatoms. The number of nitrogens with two attached hydrogens (primary N) is 1. The molecule has 0 spiro atoms. The highest BCUT2D eigenvalue weighted by molar-refractivity contribution is 6.76. The molecule has 200 valence electrons. The summed E-state index contributed by atoms with van der Waals surface area (Å²) in [6, 6.07) is 3.07. The van der Waals surface area contributed by atoms with Crippen LogP contribution in [0.1, 0.15) is 38.4 Å². The van der Waals surface area contributed by atoms with Crippen molar-refractivity contribution < 1.29 is 14.3 Å². The van der Waals surface area contributed by atoms with E-state index in [1.165, 1.54) is 0 Å². The summed E-state index contributed by atoms with van der Waals surface area (Å²) in [5.74, 6) is 0.931. The summed E-state index contributed by atoms with van der Waals surface area (Å²) in [6.07, 6.45) is 0.497. The Kier molecular flexibility index (Phi) is 8.34. The fourth-order valence-electron chi connectivity index (χ4n) is 4.02. The van der Waals surface area contributed by atoms with Gasteiger partial charge in [-0.15, -0.1) is 0 Å². The Morgan fingerprint density at radius 3 is 2.58 bits per heavy atom. The van der Waals surface area contributed by atoms with Crippen LogP contribution in [0, 0.1) is 13.8 Å². The molecule has 1 aliphatic heterocycles. The van der Waals surface area contributed by atoms with Crippen LogP contribution in [0.3, 0.4) is 0 Å². The summed E-state index contributed by atoms with van der Waals surface area (Å²) < 4.78 is 13.3. The molecular weight excluding hydrogens is 474 g/mol. The van der Waals surface area contributed by atoms with Gasteiger partial charge in [-0.1, -0.05) is 19.6 Å². The molecule has 0 radical (unpaired) electrons. The minimum Gasteiger partial charge on any atom is -0.444 e. The van der Waals surface area contributed by atoms with Crippen LogP contribution >= 0.6 is 0 Å². The number of hydrogen-bond acceptors (Lipinski definition) is 8. The van der Waals surface area contributed by atoms with E-state index in [0.717, 1.165) is 48.4 Å². The maximum atomic E-state index is 12.5. The van der Waals surface area contributed by atoms with E-state index in [2.05, 4.69) is 34.5 Å². The molecule has 3 rings (SSSR count). The molecule has 3 heterocycles. The number of carbonyl (C=O) groups excluding carboxylic acids is 1. The zero-order chi connectivity index (χ0) is 26.8. The minimum absolute atomic E-state index is 0.0241. The van der Waals surface area contributed by atoms with E-state index in [1.807, 2.05) is 45.4 Å². The molecule has 1 fully saturated rings. The third-order valence-electron chi connectivity index (χ3n) is 6.40. The van der Waals surface area contributed by atoms with Gasteiger partial charge in [0.25, 0.3) is 0 Å². The van der Waals surface area contributed by atoms with Gasteiger partial charge in [0.05, 0.1) is 11.7 Å². The predicted octanol–water partition coefficient (Wildman–Crippen LogP) is 4.30. The lowest BCUT2D eigenvalue weighted by Gasteiger charge is -2.28. The van der Waals surface area contributed by atoms with E-state index >= 15 is 0 Å². The van der Waals surface area contributed by atoms with Crippen molar-refractivity contribution in [1.82, 2.24) is 24.6 Å². The summed E-state index contributed by atoms with van der Waals surface area (Å²) >= 11 is 0. The molecule has 36 heavy (non-hydrogen) atoms. The van der Waals surface area contributed by atoms with Crippen molar-refractivity contribution >= 4 is 25.9 Å². The number of anilines is 2. The summed E-state index contributed by atoms with van der Waals surface area (Å²) in [6.45, 7) is 19.3. The van der Waals surface area contributed by atoms with E-state index < -0.39 is 13.7 Å². The second-order valence-corrected chi connectivity index (χ2v) is 17.5. The highest BCUT2D eigenvalue weighted by Crippen LogP contribution is 2.29. The third kappa shape index (κ3) is 7.19. The summed E-state index contributed by atoms with van der Waals surface area (Å²) in [5.41, 5.74) is 9.13. The number of rotatable bonds is 8. The average Bonchev–Trinajstić information content (AvgIpc) is 3.35. The lowest BCUT2D eigenvalue weighted by atomic mass is 10.1. The summed E-state index contributed by atoms with van der Waals surface area (Å²) in [4.78, 5) is 25.3. The van der Waals surface area contributed by atoms with Crippen LogP contribution in [-0.2, 0) is 16.2 Å². The number of likely N-dealkylation sites (N-methyl/N-ethyl adjacent to an activating group) is 1. The van der Waals surface area contributed by atoms with Crippen molar-refractivity contribution in [2.24, 2.45) is 0 Å². The highest BCUT2D eigenvalue weighted by atomic mass is 28.3. The number of carbonyl (C=O) groups is 1. The second kappa shape index (κ2) is 10.8. The van der Waals surface area contributed by atoms with Gasteiger partial charge in [0.2, 0.25) is 5.95 Å². The van der Waals surface area contributed by atoms with Crippen molar-refractivity contribution in [1.29, 1.82) is 0 Å². The molecule has 2 aromatic rings. The summed E-state index contributed by atoms with van der Waals surface area (Å²) in [5, 5.41) is 4.79. The Hall–Kier alpha value is -2.66. The molecule has 0 saturated carbocycles. The van der Waals surface area contributed by atoms with Gasteiger partial charge in [-0.05, 0) is 52.6 Å². The van der Waals surface area contributed by atoms with Gasteiger partial charge in [0.1, 0.15) is 23.8 Å². The number of ether oxygens (including phenoxy) is 2. The fourth-order valence-corrected chi connectivity index (χ4v) is 4.78. The first kappa shape index (κ1) is 27.9. The zero-order valence-electron chi connectivity index (χ0n) is 23.4. The molecule has 0 aliphatic carbocycles. The number of nitrogen functional groups attached to an aromatic ring is 1. The third-order valence-corrected chi connectivity index (χ3v) is 8.11. The first-order chi connectivity index (χ1) is 16.6. The molecule has 1 atom stereocenters. The topological polar surface area (TPSA) is 112 Å². The van der Waals surface area contributed by atoms with Crippen LogP contribution < -0.4 is 10.6 Å². The van der Waals surface area contributed by atoms with Gasteiger partial charge in [-0.25, -0.2) is 14.5 Å². The van der Waals surface area contributed by atoms with Crippen molar-refractivity contribution in [3.63, 3.8) is 0 Å². The number of aromatic nitrogens is 4. The normalized spacial score (nSPS) is 16.5. The minimum atomic E-state index is -1.14. The molecule has 1 aliphatic rings. The maximum Gasteiger partial charge on any atom is 0.410 e. The molecule has 0 unspecified atom stereocenters. The molecule has 1 amide bonds. The largest absolute Gasteiger partial charge is 0.444 e. The van der Waals surface area contributed by atoms with E-state index in [9.17, 15) is 4.79 Å². The van der Waals surface area contributed by atoms with Gasteiger partial charge in [0, 0.05) is 46.6 Å². The molecule has 2 N–H and O–H groups in total. The lowest BCUT2D eigenvalue weighted by Crippen LogP contribution is -2.42. The Morgan fingerprint density at radius 1 is 1.25 bits per heavy atom. The zero-order valence-corrected chi connectivity index (χ0v) is 24.4. The Labute approximate surface area is 216 Å². The van der Waals surface area contributed by atoms with E-state index in [4.69, 9.17) is 20.3 Å². The first-order valence-corrected chi connectivity index (χ1v) is 16.3. The van der Waals surface area contributed by atoms with Gasteiger partial charge in [-0.2, -0.15) is 10.1 Å². The first-order valence-electron chi connectivity index (χ1n) is 12.6. The molecule has 2 aromatic heterocycles. The monoisotopic (exact) mass is 517 g/mol. The molecule has 10 nitrogen and oxygen atoms in total. The molecule has 0 bridgehead atoms. The van der Waals surface area contributed by atoms with E-state index in [0.29, 0.717) is 19.0 Å².